The van der Waals surface area contributed by atoms with Crippen LogP contribution in [0.25, 0.3) is 0 Å². The van der Waals surface area contributed by atoms with Crippen molar-refractivity contribution in [1.29, 1.82) is 0 Å². The van der Waals surface area contributed by atoms with Crippen molar-refractivity contribution >= 4 is 17.4 Å². The Morgan fingerprint density at radius 1 is 1.50 bits per heavy atom. The van der Waals surface area contributed by atoms with Crippen LogP contribution in [0.4, 0.5) is 5.82 Å². The van der Waals surface area contributed by atoms with Crippen molar-refractivity contribution in [3.05, 3.63) is 17.0 Å². The molecule has 64 valence electrons. The molecule has 0 radical (unpaired) electrons. The first-order valence-electron chi connectivity index (χ1n) is 4.02. The van der Waals surface area contributed by atoms with Crippen molar-refractivity contribution < 1.29 is 0 Å². The van der Waals surface area contributed by atoms with Gasteiger partial charge in [-0.2, -0.15) is 0 Å². The molecule has 2 rings (SSSR count). The van der Waals surface area contributed by atoms with Gasteiger partial charge in [0.25, 0.3) is 0 Å². The fourth-order valence-electron chi connectivity index (χ4n) is 1.09. The molecule has 0 saturated heterocycles. The fraction of sp³-hybridized carbons (Fsp3) is 0.500. The number of hydrogen-bond donors (Lipinski definition) is 1. The molecule has 0 bridgehead atoms. The first-order chi connectivity index (χ1) is 5.79. The highest BCUT2D eigenvalue weighted by Crippen LogP contribution is 2.38. The lowest BCUT2D eigenvalue weighted by Gasteiger charge is -2.02. The van der Waals surface area contributed by atoms with E-state index >= 15 is 0 Å². The third-order valence-corrected chi connectivity index (χ3v) is 2.10. The van der Waals surface area contributed by atoms with Crippen LogP contribution in [-0.4, -0.2) is 17.0 Å². The minimum Gasteiger partial charge on any atom is -0.373 e. The van der Waals surface area contributed by atoms with E-state index in [2.05, 4.69) is 15.3 Å². The van der Waals surface area contributed by atoms with E-state index in [1.807, 2.05) is 7.05 Å². The Kier molecular flexibility index (Phi) is 1.89. The number of anilines is 1. The van der Waals surface area contributed by atoms with E-state index in [-0.39, 0.29) is 0 Å². The second-order valence-electron chi connectivity index (χ2n) is 2.96. The molecule has 0 spiro atoms. The summed E-state index contributed by atoms with van der Waals surface area (Å²) < 4.78 is 0. The topological polar surface area (TPSA) is 37.8 Å². The van der Waals surface area contributed by atoms with E-state index < -0.39 is 0 Å². The summed E-state index contributed by atoms with van der Waals surface area (Å²) in [6.45, 7) is 0. The Morgan fingerprint density at radius 3 is 2.83 bits per heavy atom. The molecule has 1 aromatic rings. The largest absolute Gasteiger partial charge is 0.373 e. The molecule has 0 atom stereocenters. The fourth-order valence-corrected chi connectivity index (χ4v) is 1.28. The van der Waals surface area contributed by atoms with Gasteiger partial charge in [0.1, 0.15) is 16.8 Å². The third kappa shape index (κ3) is 1.50. The Bertz CT molecular complexity index is 296. The maximum absolute atomic E-state index is 5.81. The predicted octanol–water partition coefficient (Wildman–Crippen LogP) is 2.05. The van der Waals surface area contributed by atoms with E-state index in [1.54, 1.807) is 6.07 Å². The van der Waals surface area contributed by atoms with Crippen molar-refractivity contribution in [2.45, 2.75) is 18.8 Å². The average molecular weight is 184 g/mol. The normalized spacial score (nSPS) is 16.2. The molecule has 4 heteroatoms. The highest BCUT2D eigenvalue weighted by molar-refractivity contribution is 6.29. The van der Waals surface area contributed by atoms with Crippen LogP contribution in [0.15, 0.2) is 6.07 Å². The summed E-state index contributed by atoms with van der Waals surface area (Å²) in [5.74, 6) is 2.24. The maximum atomic E-state index is 5.81. The van der Waals surface area contributed by atoms with Gasteiger partial charge in [-0.25, -0.2) is 9.97 Å². The summed E-state index contributed by atoms with van der Waals surface area (Å²) in [5.41, 5.74) is 0. The highest BCUT2D eigenvalue weighted by Gasteiger charge is 2.27. The first kappa shape index (κ1) is 7.80. The quantitative estimate of drug-likeness (QED) is 0.714. The number of aromatic nitrogens is 2. The minimum atomic E-state index is 0.524. The van der Waals surface area contributed by atoms with Gasteiger partial charge in [-0.3, -0.25) is 0 Å². The van der Waals surface area contributed by atoms with Crippen LogP contribution >= 0.6 is 11.6 Å². The SMILES string of the molecule is CNc1cc(Cl)nc(C2CC2)n1. The molecule has 1 N–H and O–H groups in total. The molecular weight excluding hydrogens is 174 g/mol. The highest BCUT2D eigenvalue weighted by atomic mass is 35.5. The van der Waals surface area contributed by atoms with Crippen molar-refractivity contribution in [2.24, 2.45) is 0 Å². The Balaban J connectivity index is 2.34. The second-order valence-corrected chi connectivity index (χ2v) is 3.35. The van der Waals surface area contributed by atoms with E-state index in [0.717, 1.165) is 11.6 Å². The van der Waals surface area contributed by atoms with Crippen LogP contribution in [0.2, 0.25) is 5.15 Å². The summed E-state index contributed by atoms with van der Waals surface area (Å²) in [5, 5.41) is 3.48. The van der Waals surface area contributed by atoms with E-state index in [9.17, 15) is 0 Å². The van der Waals surface area contributed by atoms with Gasteiger partial charge >= 0.3 is 0 Å². The average Bonchev–Trinajstić information content (AvgIpc) is 2.85. The van der Waals surface area contributed by atoms with E-state index in [4.69, 9.17) is 11.6 Å². The van der Waals surface area contributed by atoms with E-state index in [1.165, 1.54) is 12.8 Å². The monoisotopic (exact) mass is 183 g/mol. The van der Waals surface area contributed by atoms with Crippen LogP contribution < -0.4 is 5.32 Å². The number of halogens is 1. The van der Waals surface area contributed by atoms with Crippen molar-refractivity contribution in [3.8, 4) is 0 Å². The lowest BCUT2D eigenvalue weighted by atomic mass is 10.4. The van der Waals surface area contributed by atoms with Crippen LogP contribution in [0.3, 0.4) is 0 Å². The van der Waals surface area contributed by atoms with Gasteiger partial charge in [0.05, 0.1) is 0 Å². The molecule has 1 aliphatic rings. The zero-order chi connectivity index (χ0) is 8.55. The van der Waals surface area contributed by atoms with Crippen molar-refractivity contribution in [3.63, 3.8) is 0 Å². The smallest absolute Gasteiger partial charge is 0.135 e. The van der Waals surface area contributed by atoms with Crippen molar-refractivity contribution in [2.75, 3.05) is 12.4 Å². The molecular formula is C8H10ClN3. The zero-order valence-electron chi connectivity index (χ0n) is 6.84. The van der Waals surface area contributed by atoms with Crippen LogP contribution in [0.5, 0.6) is 0 Å². The third-order valence-electron chi connectivity index (χ3n) is 1.91. The summed E-state index contributed by atoms with van der Waals surface area (Å²) in [4.78, 5) is 8.47. The minimum absolute atomic E-state index is 0.524. The van der Waals surface area contributed by atoms with Gasteiger partial charge in [0.15, 0.2) is 0 Å². The lowest BCUT2D eigenvalue weighted by molar-refractivity contribution is 0.929. The van der Waals surface area contributed by atoms with Gasteiger partial charge in [-0.15, -0.1) is 0 Å². The molecule has 1 aromatic heterocycles. The first-order valence-corrected chi connectivity index (χ1v) is 4.39. The number of nitrogens with one attached hydrogen (secondary N) is 1. The molecule has 0 aromatic carbocycles. The molecule has 12 heavy (non-hydrogen) atoms. The molecule has 1 saturated carbocycles. The van der Waals surface area contributed by atoms with Crippen LogP contribution in [-0.2, 0) is 0 Å². The second kappa shape index (κ2) is 2.90. The van der Waals surface area contributed by atoms with E-state index in [0.29, 0.717) is 11.1 Å². The van der Waals surface area contributed by atoms with Gasteiger partial charge in [0, 0.05) is 19.0 Å². The van der Waals surface area contributed by atoms with Gasteiger partial charge in [-0.1, -0.05) is 11.6 Å². The zero-order valence-corrected chi connectivity index (χ0v) is 7.60. The lowest BCUT2D eigenvalue weighted by Crippen LogP contribution is -1.98. The van der Waals surface area contributed by atoms with Gasteiger partial charge in [-0.05, 0) is 12.8 Å². The molecule has 0 aliphatic heterocycles. The molecule has 0 unspecified atom stereocenters. The maximum Gasteiger partial charge on any atom is 0.135 e. The summed E-state index contributed by atoms with van der Waals surface area (Å²) in [6, 6.07) is 1.73. The number of rotatable bonds is 2. The number of nitrogens with zero attached hydrogens (tertiary/aromatic N) is 2. The predicted molar refractivity (Wildman–Crippen MR) is 48.6 cm³/mol. The Labute approximate surface area is 76.2 Å². The molecule has 1 aliphatic carbocycles. The molecule has 1 heterocycles. The summed E-state index contributed by atoms with van der Waals surface area (Å²) in [7, 11) is 1.83. The molecule has 3 nitrogen and oxygen atoms in total. The Hall–Kier alpha value is -0.830. The van der Waals surface area contributed by atoms with Crippen molar-refractivity contribution in [1.82, 2.24) is 9.97 Å². The van der Waals surface area contributed by atoms with Gasteiger partial charge < -0.3 is 5.32 Å². The number of hydrogen-bond acceptors (Lipinski definition) is 3. The van der Waals surface area contributed by atoms with Crippen LogP contribution in [0, 0.1) is 0 Å². The summed E-state index contributed by atoms with van der Waals surface area (Å²) >= 11 is 5.81. The van der Waals surface area contributed by atoms with Crippen LogP contribution in [0.1, 0.15) is 24.6 Å². The standard InChI is InChI=1S/C8H10ClN3/c1-10-7-4-6(9)11-8(12-7)5-2-3-5/h4-5H,2-3H2,1H3,(H,10,11,12). The summed E-state index contributed by atoms with van der Waals surface area (Å²) in [6.07, 6.45) is 2.40. The molecule has 1 fully saturated rings. The molecule has 0 amide bonds. The van der Waals surface area contributed by atoms with Gasteiger partial charge in [0.2, 0.25) is 0 Å². The Morgan fingerprint density at radius 2 is 2.25 bits per heavy atom.